The molecule has 0 saturated heterocycles. The van der Waals surface area contributed by atoms with Crippen molar-refractivity contribution in [1.82, 2.24) is 0 Å². The highest BCUT2D eigenvalue weighted by Crippen LogP contribution is 2.33. The molecule has 1 unspecified atom stereocenters. The Hall–Kier alpha value is -1.95. The molecular weight excluding hydrogens is 289 g/mol. The van der Waals surface area contributed by atoms with E-state index in [9.17, 15) is 22.0 Å². The zero-order valence-corrected chi connectivity index (χ0v) is 11.0. The number of nitrogens with two attached hydrogens (primary N) is 1. The van der Waals surface area contributed by atoms with Gasteiger partial charge in [0.1, 0.15) is 11.6 Å². The van der Waals surface area contributed by atoms with Crippen molar-refractivity contribution in [2.24, 2.45) is 5.73 Å². The third-order valence-electron chi connectivity index (χ3n) is 3.21. The van der Waals surface area contributed by atoms with E-state index in [-0.39, 0.29) is 11.1 Å². The van der Waals surface area contributed by atoms with Gasteiger partial charge in [0.2, 0.25) is 0 Å². The molecule has 21 heavy (non-hydrogen) atoms. The quantitative estimate of drug-likeness (QED) is 0.820. The van der Waals surface area contributed by atoms with E-state index in [1.54, 1.807) is 0 Å². The Kier molecular flexibility index (Phi) is 4.00. The van der Waals surface area contributed by atoms with Crippen molar-refractivity contribution in [3.8, 4) is 0 Å². The van der Waals surface area contributed by atoms with Crippen molar-refractivity contribution in [1.29, 1.82) is 0 Å². The number of rotatable bonds is 2. The Morgan fingerprint density at radius 3 is 2.19 bits per heavy atom. The molecule has 0 spiro atoms. The van der Waals surface area contributed by atoms with E-state index in [0.717, 1.165) is 6.07 Å². The summed E-state index contributed by atoms with van der Waals surface area (Å²) in [5.74, 6) is -1.41. The largest absolute Gasteiger partial charge is 0.416 e. The maximum atomic E-state index is 13.7. The van der Waals surface area contributed by atoms with E-state index < -0.39 is 29.4 Å². The zero-order chi connectivity index (χ0) is 15.8. The monoisotopic (exact) mass is 301 g/mol. The molecule has 2 aromatic carbocycles. The summed E-state index contributed by atoms with van der Waals surface area (Å²) < 4.78 is 65.2. The van der Waals surface area contributed by atoms with Crippen molar-refractivity contribution in [2.45, 2.75) is 19.1 Å². The molecule has 1 nitrogen and oxygen atoms in total. The fraction of sp³-hybridized carbons (Fsp3) is 0.200. The van der Waals surface area contributed by atoms with Crippen LogP contribution in [0.2, 0.25) is 0 Å². The summed E-state index contributed by atoms with van der Waals surface area (Å²) in [6.45, 7) is 1.54. The Morgan fingerprint density at radius 1 is 0.952 bits per heavy atom. The van der Waals surface area contributed by atoms with Crippen LogP contribution in [-0.4, -0.2) is 0 Å². The Morgan fingerprint density at radius 2 is 1.62 bits per heavy atom. The zero-order valence-electron chi connectivity index (χ0n) is 11.0. The second-order valence-electron chi connectivity index (χ2n) is 4.72. The van der Waals surface area contributed by atoms with Gasteiger partial charge in [-0.05, 0) is 42.3 Å². The minimum absolute atomic E-state index is 0.205. The average molecular weight is 301 g/mol. The lowest BCUT2D eigenvalue weighted by Crippen LogP contribution is -2.16. The van der Waals surface area contributed by atoms with Crippen molar-refractivity contribution in [3.05, 3.63) is 70.3 Å². The van der Waals surface area contributed by atoms with Crippen LogP contribution in [0.15, 0.2) is 36.4 Å². The lowest BCUT2D eigenvalue weighted by Gasteiger charge is -2.16. The molecule has 2 aromatic rings. The standard InChI is InChI=1S/C15H12F5N/c1-8-2-3-9(6-13(8)17)14(21)11-7-10(15(18,19)20)4-5-12(11)16/h2-7,14H,21H2,1H3. The number of benzene rings is 2. The van der Waals surface area contributed by atoms with Crippen LogP contribution in [0, 0.1) is 18.6 Å². The summed E-state index contributed by atoms with van der Waals surface area (Å²) in [5, 5.41) is 0. The van der Waals surface area contributed by atoms with Gasteiger partial charge in [0.15, 0.2) is 0 Å². The minimum Gasteiger partial charge on any atom is -0.320 e. The summed E-state index contributed by atoms with van der Waals surface area (Å²) in [6, 6.07) is 4.82. The fourth-order valence-electron chi connectivity index (χ4n) is 1.94. The van der Waals surface area contributed by atoms with Gasteiger partial charge in [-0.1, -0.05) is 12.1 Å². The van der Waals surface area contributed by atoms with Gasteiger partial charge in [0.05, 0.1) is 11.6 Å². The highest BCUT2D eigenvalue weighted by atomic mass is 19.4. The molecule has 0 saturated carbocycles. The highest BCUT2D eigenvalue weighted by molar-refractivity contribution is 5.37. The van der Waals surface area contributed by atoms with E-state index in [0.29, 0.717) is 23.8 Å². The Bertz CT molecular complexity index is 664. The predicted molar refractivity (Wildman–Crippen MR) is 68.6 cm³/mol. The fourth-order valence-corrected chi connectivity index (χ4v) is 1.94. The van der Waals surface area contributed by atoms with E-state index in [1.807, 2.05) is 0 Å². The van der Waals surface area contributed by atoms with Crippen LogP contribution in [0.25, 0.3) is 0 Å². The molecule has 112 valence electrons. The second-order valence-corrected chi connectivity index (χ2v) is 4.72. The third kappa shape index (κ3) is 3.21. The van der Waals surface area contributed by atoms with Gasteiger partial charge in [-0.2, -0.15) is 13.2 Å². The van der Waals surface area contributed by atoms with Gasteiger partial charge in [0, 0.05) is 5.56 Å². The summed E-state index contributed by atoms with van der Waals surface area (Å²) in [5.41, 5.74) is 5.03. The van der Waals surface area contributed by atoms with E-state index >= 15 is 0 Å². The molecule has 0 aliphatic carbocycles. The SMILES string of the molecule is Cc1ccc(C(N)c2cc(C(F)(F)F)ccc2F)cc1F. The van der Waals surface area contributed by atoms with E-state index in [1.165, 1.54) is 19.1 Å². The molecule has 1 atom stereocenters. The minimum atomic E-state index is -4.60. The number of halogens is 5. The average Bonchev–Trinajstić information content (AvgIpc) is 2.40. The molecule has 0 aliphatic heterocycles. The number of alkyl halides is 3. The van der Waals surface area contributed by atoms with Crippen LogP contribution in [0.1, 0.15) is 28.3 Å². The molecule has 2 rings (SSSR count). The lowest BCUT2D eigenvalue weighted by molar-refractivity contribution is -0.137. The number of hydrogen-bond donors (Lipinski definition) is 1. The first kappa shape index (κ1) is 15.4. The third-order valence-corrected chi connectivity index (χ3v) is 3.21. The molecule has 0 radical (unpaired) electrons. The molecule has 0 fully saturated rings. The summed E-state index contributed by atoms with van der Waals surface area (Å²) in [7, 11) is 0. The Labute approximate surface area is 118 Å². The molecular formula is C15H12F5N. The number of aryl methyl sites for hydroxylation is 1. The van der Waals surface area contributed by atoms with E-state index in [4.69, 9.17) is 5.73 Å². The van der Waals surface area contributed by atoms with Crippen molar-refractivity contribution in [2.75, 3.05) is 0 Å². The maximum Gasteiger partial charge on any atom is 0.416 e. The molecule has 0 heterocycles. The molecule has 0 amide bonds. The van der Waals surface area contributed by atoms with Crippen LogP contribution in [-0.2, 0) is 6.18 Å². The van der Waals surface area contributed by atoms with Crippen LogP contribution in [0.3, 0.4) is 0 Å². The van der Waals surface area contributed by atoms with Crippen LogP contribution < -0.4 is 5.73 Å². The van der Waals surface area contributed by atoms with Crippen molar-refractivity contribution >= 4 is 0 Å². The number of hydrogen-bond acceptors (Lipinski definition) is 1. The molecule has 0 aromatic heterocycles. The Balaban J connectivity index is 2.47. The van der Waals surface area contributed by atoms with Crippen LogP contribution >= 0.6 is 0 Å². The normalized spacial score (nSPS) is 13.3. The smallest absolute Gasteiger partial charge is 0.320 e. The summed E-state index contributed by atoms with van der Waals surface area (Å²) in [4.78, 5) is 0. The molecule has 0 aliphatic rings. The topological polar surface area (TPSA) is 26.0 Å². The van der Waals surface area contributed by atoms with Gasteiger partial charge in [0.25, 0.3) is 0 Å². The van der Waals surface area contributed by atoms with Gasteiger partial charge < -0.3 is 5.73 Å². The van der Waals surface area contributed by atoms with Gasteiger partial charge in [-0.25, -0.2) is 8.78 Å². The first-order chi connectivity index (χ1) is 9.70. The van der Waals surface area contributed by atoms with Gasteiger partial charge in [-0.3, -0.25) is 0 Å². The lowest BCUT2D eigenvalue weighted by atomic mass is 9.96. The summed E-state index contributed by atoms with van der Waals surface area (Å²) >= 11 is 0. The van der Waals surface area contributed by atoms with Crippen LogP contribution in [0.5, 0.6) is 0 Å². The first-order valence-corrected chi connectivity index (χ1v) is 6.08. The van der Waals surface area contributed by atoms with Gasteiger partial charge in [-0.15, -0.1) is 0 Å². The van der Waals surface area contributed by atoms with Crippen molar-refractivity contribution < 1.29 is 22.0 Å². The molecule has 0 bridgehead atoms. The maximum absolute atomic E-state index is 13.7. The predicted octanol–water partition coefficient (Wildman–Crippen LogP) is 4.34. The van der Waals surface area contributed by atoms with Crippen molar-refractivity contribution in [3.63, 3.8) is 0 Å². The first-order valence-electron chi connectivity index (χ1n) is 6.08. The summed E-state index contributed by atoms with van der Waals surface area (Å²) in [6.07, 6.45) is -4.60. The second kappa shape index (κ2) is 5.44. The molecule has 6 heteroatoms. The van der Waals surface area contributed by atoms with Gasteiger partial charge >= 0.3 is 6.18 Å². The van der Waals surface area contributed by atoms with Crippen LogP contribution in [0.4, 0.5) is 22.0 Å². The molecule has 2 N–H and O–H groups in total. The van der Waals surface area contributed by atoms with E-state index in [2.05, 4.69) is 0 Å². The highest BCUT2D eigenvalue weighted by Gasteiger charge is 2.31.